The average molecular weight is 260 g/mol. The Hall–Kier alpha value is -0.490. The number of aliphatic hydroxyl groups excluding tert-OH is 1. The molecule has 0 aliphatic rings. The highest BCUT2D eigenvalue weighted by atomic mass is 79.9. The van der Waals surface area contributed by atoms with E-state index in [-0.39, 0.29) is 0 Å². The molecular formula is C10H8BrClO. The third-order valence-corrected chi connectivity index (χ3v) is 2.26. The number of halogens is 2. The van der Waals surface area contributed by atoms with Crippen molar-refractivity contribution in [3.8, 4) is 12.3 Å². The molecule has 0 amide bonds. The quantitative estimate of drug-likeness (QED) is 0.809. The first kappa shape index (κ1) is 10.6. The minimum absolute atomic E-state index is 0.298. The normalized spacial score (nSPS) is 12.2. The Labute approximate surface area is 90.9 Å². The van der Waals surface area contributed by atoms with E-state index in [0.717, 1.165) is 10.0 Å². The summed E-state index contributed by atoms with van der Waals surface area (Å²) in [6, 6.07) is 5.26. The molecule has 0 aliphatic carbocycles. The minimum Gasteiger partial charge on any atom is -0.387 e. The van der Waals surface area contributed by atoms with Crippen molar-refractivity contribution in [2.75, 3.05) is 0 Å². The largest absolute Gasteiger partial charge is 0.387 e. The number of hydrogen-bond donors (Lipinski definition) is 1. The number of rotatable bonds is 2. The van der Waals surface area contributed by atoms with Gasteiger partial charge in [0.2, 0.25) is 0 Å². The zero-order valence-electron chi connectivity index (χ0n) is 6.80. The Morgan fingerprint density at radius 2 is 2.23 bits per heavy atom. The molecule has 0 bridgehead atoms. The Bertz CT molecular complexity index is 323. The van der Waals surface area contributed by atoms with E-state index in [9.17, 15) is 5.11 Å². The van der Waals surface area contributed by atoms with Gasteiger partial charge in [-0.05, 0) is 23.8 Å². The van der Waals surface area contributed by atoms with Crippen LogP contribution in [0.5, 0.6) is 0 Å². The van der Waals surface area contributed by atoms with Gasteiger partial charge in [0.25, 0.3) is 0 Å². The van der Waals surface area contributed by atoms with Crippen LogP contribution in [0.25, 0.3) is 0 Å². The fraction of sp³-hybridized carbons (Fsp3) is 0.200. The molecule has 1 aromatic rings. The number of benzene rings is 1. The summed E-state index contributed by atoms with van der Waals surface area (Å²) in [5.41, 5.74) is 0.734. The summed E-state index contributed by atoms with van der Waals surface area (Å²) in [5.74, 6) is 2.40. The van der Waals surface area contributed by atoms with Gasteiger partial charge in [-0.25, -0.2) is 0 Å². The van der Waals surface area contributed by atoms with Gasteiger partial charge in [0.05, 0.1) is 6.10 Å². The topological polar surface area (TPSA) is 20.2 Å². The molecule has 1 unspecified atom stereocenters. The Morgan fingerprint density at radius 3 is 2.77 bits per heavy atom. The SMILES string of the molecule is C#CCC(O)c1cc(Cl)cc(Br)c1. The van der Waals surface area contributed by atoms with Crippen LogP contribution in [0, 0.1) is 12.3 Å². The van der Waals surface area contributed by atoms with Crippen molar-refractivity contribution in [1.29, 1.82) is 0 Å². The van der Waals surface area contributed by atoms with Gasteiger partial charge in [-0.2, -0.15) is 0 Å². The second-order valence-electron chi connectivity index (χ2n) is 2.63. The summed E-state index contributed by atoms with van der Waals surface area (Å²) in [6.45, 7) is 0. The maximum Gasteiger partial charge on any atom is 0.0900 e. The van der Waals surface area contributed by atoms with E-state index < -0.39 is 6.10 Å². The summed E-state index contributed by atoms with van der Waals surface area (Å²) in [6.07, 6.45) is 4.75. The summed E-state index contributed by atoms with van der Waals surface area (Å²) < 4.78 is 0.839. The Morgan fingerprint density at radius 1 is 1.54 bits per heavy atom. The molecule has 0 saturated carbocycles. The molecular weight excluding hydrogens is 251 g/mol. The van der Waals surface area contributed by atoms with Gasteiger partial charge < -0.3 is 5.11 Å². The predicted octanol–water partition coefficient (Wildman–Crippen LogP) is 3.16. The number of aliphatic hydroxyl groups is 1. The molecule has 1 rings (SSSR count). The van der Waals surface area contributed by atoms with Crippen molar-refractivity contribution in [2.45, 2.75) is 12.5 Å². The second-order valence-corrected chi connectivity index (χ2v) is 3.98. The molecule has 1 nitrogen and oxygen atoms in total. The van der Waals surface area contributed by atoms with Crippen molar-refractivity contribution < 1.29 is 5.11 Å². The lowest BCUT2D eigenvalue weighted by Crippen LogP contribution is -1.95. The zero-order chi connectivity index (χ0) is 9.84. The maximum absolute atomic E-state index is 9.55. The molecule has 0 spiro atoms. The van der Waals surface area contributed by atoms with Crippen LogP contribution in [0.15, 0.2) is 22.7 Å². The Balaban J connectivity index is 2.95. The highest BCUT2D eigenvalue weighted by Crippen LogP contribution is 2.25. The molecule has 0 radical (unpaired) electrons. The third-order valence-electron chi connectivity index (χ3n) is 1.58. The van der Waals surface area contributed by atoms with Crippen molar-refractivity contribution in [2.24, 2.45) is 0 Å². The molecule has 0 fully saturated rings. The molecule has 0 aliphatic heterocycles. The first-order chi connectivity index (χ1) is 6.13. The highest BCUT2D eigenvalue weighted by Gasteiger charge is 2.07. The molecule has 1 N–H and O–H groups in total. The standard InChI is InChI=1S/C10H8BrClO/c1-2-3-10(13)7-4-8(11)6-9(12)5-7/h1,4-6,10,13H,3H2. The molecule has 1 atom stereocenters. The zero-order valence-corrected chi connectivity index (χ0v) is 9.14. The monoisotopic (exact) mass is 258 g/mol. The minimum atomic E-state index is -0.639. The van der Waals surface area contributed by atoms with E-state index in [1.54, 1.807) is 18.2 Å². The molecule has 0 heterocycles. The summed E-state index contributed by atoms with van der Waals surface area (Å²) in [7, 11) is 0. The molecule has 3 heteroatoms. The van der Waals surface area contributed by atoms with E-state index in [1.807, 2.05) is 0 Å². The van der Waals surface area contributed by atoms with E-state index in [2.05, 4.69) is 21.9 Å². The van der Waals surface area contributed by atoms with Crippen molar-refractivity contribution in [3.63, 3.8) is 0 Å². The van der Waals surface area contributed by atoms with E-state index in [4.69, 9.17) is 18.0 Å². The van der Waals surface area contributed by atoms with E-state index in [1.165, 1.54) is 0 Å². The van der Waals surface area contributed by atoms with Gasteiger partial charge in [-0.1, -0.05) is 27.5 Å². The molecule has 1 aromatic carbocycles. The molecule has 13 heavy (non-hydrogen) atoms. The fourth-order valence-corrected chi connectivity index (χ4v) is 1.88. The van der Waals surface area contributed by atoms with Crippen LogP contribution in [0.4, 0.5) is 0 Å². The maximum atomic E-state index is 9.55. The number of hydrogen-bond acceptors (Lipinski definition) is 1. The number of terminal acetylenes is 1. The molecule has 0 aromatic heterocycles. The fourth-order valence-electron chi connectivity index (χ4n) is 0.997. The van der Waals surface area contributed by atoms with E-state index in [0.29, 0.717) is 11.4 Å². The summed E-state index contributed by atoms with van der Waals surface area (Å²) in [5, 5.41) is 10.1. The van der Waals surface area contributed by atoms with Gasteiger partial charge in [0, 0.05) is 15.9 Å². The third kappa shape index (κ3) is 3.04. The van der Waals surface area contributed by atoms with Crippen LogP contribution in [0.3, 0.4) is 0 Å². The van der Waals surface area contributed by atoms with Crippen molar-refractivity contribution in [3.05, 3.63) is 33.3 Å². The van der Waals surface area contributed by atoms with Crippen LogP contribution in [-0.2, 0) is 0 Å². The first-order valence-corrected chi connectivity index (χ1v) is 4.88. The van der Waals surface area contributed by atoms with Gasteiger partial charge >= 0.3 is 0 Å². The average Bonchev–Trinajstić information content (AvgIpc) is 2.03. The van der Waals surface area contributed by atoms with E-state index >= 15 is 0 Å². The second kappa shape index (κ2) is 4.66. The molecule has 68 valence electrons. The van der Waals surface area contributed by atoms with Gasteiger partial charge in [-0.3, -0.25) is 0 Å². The van der Waals surface area contributed by atoms with Crippen LogP contribution < -0.4 is 0 Å². The van der Waals surface area contributed by atoms with Crippen LogP contribution >= 0.6 is 27.5 Å². The predicted molar refractivity (Wildman–Crippen MR) is 57.6 cm³/mol. The lowest BCUT2D eigenvalue weighted by atomic mass is 10.1. The summed E-state index contributed by atoms with van der Waals surface area (Å²) >= 11 is 9.09. The summed E-state index contributed by atoms with van der Waals surface area (Å²) in [4.78, 5) is 0. The highest BCUT2D eigenvalue weighted by molar-refractivity contribution is 9.10. The van der Waals surface area contributed by atoms with Gasteiger partial charge in [0.15, 0.2) is 0 Å². The van der Waals surface area contributed by atoms with Crippen molar-refractivity contribution in [1.82, 2.24) is 0 Å². The Kier molecular flexibility index (Phi) is 3.80. The molecule has 0 saturated heterocycles. The van der Waals surface area contributed by atoms with Crippen LogP contribution in [0.1, 0.15) is 18.1 Å². The van der Waals surface area contributed by atoms with Crippen LogP contribution in [0.2, 0.25) is 5.02 Å². The van der Waals surface area contributed by atoms with Gasteiger partial charge in [0.1, 0.15) is 0 Å². The lowest BCUT2D eigenvalue weighted by Gasteiger charge is -2.08. The van der Waals surface area contributed by atoms with Crippen molar-refractivity contribution >= 4 is 27.5 Å². The van der Waals surface area contributed by atoms with Gasteiger partial charge in [-0.15, -0.1) is 12.3 Å². The lowest BCUT2D eigenvalue weighted by molar-refractivity contribution is 0.184. The smallest absolute Gasteiger partial charge is 0.0900 e. The van der Waals surface area contributed by atoms with Crippen LogP contribution in [-0.4, -0.2) is 5.11 Å². The first-order valence-electron chi connectivity index (χ1n) is 3.71.